The Labute approximate surface area is 167 Å². The molecule has 3 nitrogen and oxygen atoms in total. The smallest absolute Gasteiger partial charge is 0.246 e. The first-order chi connectivity index (χ1) is 13.8. The lowest BCUT2D eigenvalue weighted by Crippen LogP contribution is -1.96. The van der Waals surface area contributed by atoms with Crippen LogP contribution in [0.2, 0.25) is 5.02 Å². The highest BCUT2D eigenvalue weighted by Gasteiger charge is 2.13. The van der Waals surface area contributed by atoms with Crippen LogP contribution in [0.15, 0.2) is 91.0 Å². The van der Waals surface area contributed by atoms with Gasteiger partial charge >= 0.3 is 0 Å². The topological polar surface area (TPSA) is 35.0 Å². The Balaban J connectivity index is 1.65. The molecule has 4 aromatic carbocycles. The molecule has 0 aliphatic rings. The molecule has 0 bridgehead atoms. The summed E-state index contributed by atoms with van der Waals surface area (Å²) in [6.07, 6.45) is 0. The molecule has 0 unspecified atom stereocenters. The van der Waals surface area contributed by atoms with Gasteiger partial charge in [0.25, 0.3) is 0 Å². The molecule has 0 spiro atoms. The van der Waals surface area contributed by atoms with Crippen molar-refractivity contribution in [3.63, 3.8) is 0 Å². The molecular weight excluding hydrogens is 368 g/mol. The zero-order valence-electron chi connectivity index (χ0n) is 14.8. The second kappa shape index (κ2) is 6.95. The molecular formula is C24H15ClN2O. The molecule has 28 heavy (non-hydrogen) atoms. The average Bonchev–Trinajstić information content (AvgIpc) is 2.75. The number of halogens is 1. The summed E-state index contributed by atoms with van der Waals surface area (Å²) < 4.78 is 6.22. The van der Waals surface area contributed by atoms with Gasteiger partial charge in [-0.3, -0.25) is 0 Å². The number of ether oxygens (including phenoxy) is 1. The third-order valence-corrected chi connectivity index (χ3v) is 4.98. The van der Waals surface area contributed by atoms with Gasteiger partial charge in [0, 0.05) is 26.7 Å². The molecule has 134 valence electrons. The fraction of sp³-hybridized carbons (Fsp3) is 0. The maximum Gasteiger partial charge on any atom is 0.246 e. The second-order valence-electron chi connectivity index (χ2n) is 6.49. The van der Waals surface area contributed by atoms with E-state index in [4.69, 9.17) is 16.3 Å². The second-order valence-corrected chi connectivity index (χ2v) is 6.92. The molecule has 0 saturated carbocycles. The summed E-state index contributed by atoms with van der Waals surface area (Å²) in [5.74, 6) is 1.25. The summed E-state index contributed by atoms with van der Waals surface area (Å²) in [5.41, 5.74) is 1.77. The van der Waals surface area contributed by atoms with E-state index in [1.54, 1.807) is 0 Å². The summed E-state index contributed by atoms with van der Waals surface area (Å²) in [4.78, 5) is 0. The van der Waals surface area contributed by atoms with Gasteiger partial charge < -0.3 is 4.74 Å². The molecule has 5 rings (SSSR count). The number of hydrogen-bond acceptors (Lipinski definition) is 3. The molecule has 5 aromatic rings. The SMILES string of the molecule is Clc1ccc(-c2nnc(Oc3cccc4ccccc34)c3ccccc23)cc1. The Hall–Kier alpha value is -3.43. The van der Waals surface area contributed by atoms with E-state index in [1.807, 2.05) is 78.9 Å². The first-order valence-electron chi connectivity index (χ1n) is 8.96. The van der Waals surface area contributed by atoms with Crippen LogP contribution in [0.1, 0.15) is 0 Å². The summed E-state index contributed by atoms with van der Waals surface area (Å²) >= 11 is 6.02. The molecule has 0 atom stereocenters. The molecule has 0 N–H and O–H groups in total. The third-order valence-electron chi connectivity index (χ3n) is 4.73. The van der Waals surface area contributed by atoms with Crippen LogP contribution < -0.4 is 4.74 Å². The fourth-order valence-electron chi connectivity index (χ4n) is 3.36. The van der Waals surface area contributed by atoms with Gasteiger partial charge in [-0.05, 0) is 29.7 Å². The minimum Gasteiger partial charge on any atom is -0.436 e. The molecule has 0 fully saturated rings. The number of hydrogen-bond donors (Lipinski definition) is 0. The van der Waals surface area contributed by atoms with Gasteiger partial charge in [-0.25, -0.2) is 0 Å². The molecule has 0 saturated heterocycles. The number of rotatable bonds is 3. The predicted molar refractivity (Wildman–Crippen MR) is 114 cm³/mol. The summed E-state index contributed by atoms with van der Waals surface area (Å²) in [5, 5.41) is 13.6. The monoisotopic (exact) mass is 382 g/mol. The average molecular weight is 383 g/mol. The Morgan fingerprint density at radius 1 is 0.607 bits per heavy atom. The number of nitrogens with zero attached hydrogens (tertiary/aromatic N) is 2. The highest BCUT2D eigenvalue weighted by atomic mass is 35.5. The highest BCUT2D eigenvalue weighted by Crippen LogP contribution is 2.35. The van der Waals surface area contributed by atoms with Gasteiger partial charge in [0.15, 0.2) is 0 Å². The first-order valence-corrected chi connectivity index (χ1v) is 9.34. The van der Waals surface area contributed by atoms with Crippen LogP contribution in [0.25, 0.3) is 32.8 Å². The number of aromatic nitrogens is 2. The normalized spacial score (nSPS) is 11.0. The highest BCUT2D eigenvalue weighted by molar-refractivity contribution is 6.30. The van der Waals surface area contributed by atoms with Crippen LogP contribution in [-0.4, -0.2) is 10.2 Å². The quantitative estimate of drug-likeness (QED) is 0.340. The van der Waals surface area contributed by atoms with Crippen LogP contribution in [-0.2, 0) is 0 Å². The van der Waals surface area contributed by atoms with Gasteiger partial charge in [-0.2, -0.15) is 0 Å². The molecule has 0 radical (unpaired) electrons. The van der Waals surface area contributed by atoms with Crippen molar-refractivity contribution in [2.24, 2.45) is 0 Å². The van der Waals surface area contributed by atoms with Gasteiger partial charge in [0.1, 0.15) is 11.4 Å². The Morgan fingerprint density at radius 2 is 1.29 bits per heavy atom. The van der Waals surface area contributed by atoms with Crippen LogP contribution in [0.3, 0.4) is 0 Å². The van der Waals surface area contributed by atoms with Crippen molar-refractivity contribution in [2.75, 3.05) is 0 Å². The predicted octanol–water partition coefficient (Wildman–Crippen LogP) is 6.90. The zero-order chi connectivity index (χ0) is 18.9. The lowest BCUT2D eigenvalue weighted by atomic mass is 10.1. The van der Waals surface area contributed by atoms with E-state index in [0.717, 1.165) is 38.6 Å². The van der Waals surface area contributed by atoms with Crippen LogP contribution in [0.4, 0.5) is 0 Å². The van der Waals surface area contributed by atoms with Crippen molar-refractivity contribution in [3.05, 3.63) is 96.0 Å². The van der Waals surface area contributed by atoms with Crippen molar-refractivity contribution >= 4 is 33.1 Å². The van der Waals surface area contributed by atoms with Crippen LogP contribution in [0, 0.1) is 0 Å². The first kappa shape index (κ1) is 16.7. The molecule has 4 heteroatoms. The van der Waals surface area contributed by atoms with Crippen LogP contribution >= 0.6 is 11.6 Å². The standard InChI is InChI=1S/C24H15ClN2O/c25-18-14-12-17(13-15-18)23-20-9-3-4-10-21(20)24(27-26-23)28-22-11-5-7-16-6-1-2-8-19(16)22/h1-15H. The molecule has 1 aromatic heterocycles. The van der Waals surface area contributed by atoms with Crippen molar-refractivity contribution in [1.82, 2.24) is 10.2 Å². The van der Waals surface area contributed by atoms with E-state index < -0.39 is 0 Å². The van der Waals surface area contributed by atoms with Gasteiger partial charge in [-0.1, -0.05) is 78.3 Å². The van der Waals surface area contributed by atoms with Crippen molar-refractivity contribution < 1.29 is 4.74 Å². The minimum atomic E-state index is 0.490. The number of fused-ring (bicyclic) bond motifs is 2. The van der Waals surface area contributed by atoms with E-state index in [0.29, 0.717) is 10.9 Å². The maximum absolute atomic E-state index is 6.22. The minimum absolute atomic E-state index is 0.490. The third kappa shape index (κ3) is 2.96. The van der Waals surface area contributed by atoms with Gasteiger partial charge in [0.05, 0.1) is 0 Å². The largest absolute Gasteiger partial charge is 0.436 e. The van der Waals surface area contributed by atoms with Crippen molar-refractivity contribution in [3.8, 4) is 22.9 Å². The Morgan fingerprint density at radius 3 is 2.11 bits per heavy atom. The molecule has 0 amide bonds. The van der Waals surface area contributed by atoms with E-state index >= 15 is 0 Å². The lowest BCUT2D eigenvalue weighted by Gasteiger charge is -2.12. The van der Waals surface area contributed by atoms with Gasteiger partial charge in [0.2, 0.25) is 5.88 Å². The van der Waals surface area contributed by atoms with Crippen molar-refractivity contribution in [2.45, 2.75) is 0 Å². The maximum atomic E-state index is 6.22. The fourth-order valence-corrected chi connectivity index (χ4v) is 3.49. The number of benzene rings is 4. The molecule has 1 heterocycles. The van der Waals surface area contributed by atoms with Crippen LogP contribution in [0.5, 0.6) is 11.6 Å². The molecule has 0 aliphatic carbocycles. The zero-order valence-corrected chi connectivity index (χ0v) is 15.6. The van der Waals surface area contributed by atoms with E-state index in [9.17, 15) is 0 Å². The molecule has 0 aliphatic heterocycles. The van der Waals surface area contributed by atoms with E-state index in [2.05, 4.69) is 22.3 Å². The van der Waals surface area contributed by atoms with E-state index in [-0.39, 0.29) is 0 Å². The van der Waals surface area contributed by atoms with Crippen molar-refractivity contribution in [1.29, 1.82) is 0 Å². The summed E-state index contributed by atoms with van der Waals surface area (Å²) in [7, 11) is 0. The lowest BCUT2D eigenvalue weighted by molar-refractivity contribution is 0.467. The Bertz CT molecular complexity index is 1290. The van der Waals surface area contributed by atoms with Gasteiger partial charge in [-0.15, -0.1) is 10.2 Å². The summed E-state index contributed by atoms with van der Waals surface area (Å²) in [6.45, 7) is 0. The van der Waals surface area contributed by atoms with E-state index in [1.165, 1.54) is 0 Å². The Kier molecular flexibility index (Phi) is 4.15. The summed E-state index contributed by atoms with van der Waals surface area (Å²) in [6, 6.07) is 29.7.